The van der Waals surface area contributed by atoms with Crippen LogP contribution in [0.4, 0.5) is 0 Å². The van der Waals surface area contributed by atoms with Gasteiger partial charge in [-0.3, -0.25) is 4.79 Å². The molecule has 4 aliphatic carbocycles. The molecule has 2 N–H and O–H groups in total. The molecular formula is C25H42O4. The van der Waals surface area contributed by atoms with Crippen LogP contribution in [-0.2, 0) is 9.53 Å². The third kappa shape index (κ3) is 3.28. The molecule has 0 aliphatic heterocycles. The van der Waals surface area contributed by atoms with Crippen molar-refractivity contribution in [1.82, 2.24) is 0 Å². The zero-order valence-corrected chi connectivity index (χ0v) is 18.9. The fourth-order valence-corrected chi connectivity index (χ4v) is 8.84. The van der Waals surface area contributed by atoms with Crippen LogP contribution in [0.1, 0.15) is 85.0 Å². The molecule has 4 rings (SSSR count). The number of hydrogen-bond donors (Lipinski definition) is 2. The van der Waals surface area contributed by atoms with Gasteiger partial charge in [0.2, 0.25) is 0 Å². The van der Waals surface area contributed by atoms with Crippen LogP contribution in [0.2, 0.25) is 0 Å². The highest BCUT2D eigenvalue weighted by Gasteiger charge is 2.65. The number of hydrogen-bond acceptors (Lipinski definition) is 4. The topological polar surface area (TPSA) is 66.8 Å². The van der Waals surface area contributed by atoms with Crippen molar-refractivity contribution in [3.63, 3.8) is 0 Å². The molecule has 0 amide bonds. The Morgan fingerprint density at radius 2 is 1.86 bits per heavy atom. The van der Waals surface area contributed by atoms with Gasteiger partial charge in [-0.1, -0.05) is 33.6 Å². The predicted octanol–water partition coefficient (Wildman–Crippen LogP) is 4.57. The molecule has 0 radical (unpaired) electrons. The van der Waals surface area contributed by atoms with E-state index < -0.39 is 0 Å². The number of ether oxygens (including phenoxy) is 1. The molecule has 0 bridgehead atoms. The zero-order chi connectivity index (χ0) is 21.0. The van der Waals surface area contributed by atoms with E-state index in [1.165, 1.54) is 32.8 Å². The highest BCUT2D eigenvalue weighted by molar-refractivity contribution is 5.69. The minimum atomic E-state index is -0.300. The van der Waals surface area contributed by atoms with Crippen LogP contribution in [0.25, 0.3) is 0 Å². The maximum atomic E-state index is 11.7. The first kappa shape index (κ1) is 21.6. The fourth-order valence-electron chi connectivity index (χ4n) is 8.84. The number of methoxy groups -OCH3 is 1. The summed E-state index contributed by atoms with van der Waals surface area (Å²) in [6, 6.07) is 0. The molecule has 0 spiro atoms. The van der Waals surface area contributed by atoms with Crippen molar-refractivity contribution in [3.05, 3.63) is 0 Å². The van der Waals surface area contributed by atoms with Gasteiger partial charge in [0.1, 0.15) is 0 Å². The summed E-state index contributed by atoms with van der Waals surface area (Å²) in [4.78, 5) is 11.7. The Balaban J connectivity index is 1.58. The maximum absolute atomic E-state index is 11.7. The molecule has 4 aliphatic rings. The average molecular weight is 407 g/mol. The predicted molar refractivity (Wildman–Crippen MR) is 113 cm³/mol. The van der Waals surface area contributed by atoms with Crippen LogP contribution < -0.4 is 0 Å². The third-order valence-electron chi connectivity index (χ3n) is 10.5. The van der Waals surface area contributed by atoms with Gasteiger partial charge in [0.25, 0.3) is 0 Å². The Kier molecular flexibility index (Phi) is 5.83. The van der Waals surface area contributed by atoms with Crippen molar-refractivity contribution < 1.29 is 19.7 Å². The van der Waals surface area contributed by atoms with Gasteiger partial charge in [-0.2, -0.15) is 0 Å². The maximum Gasteiger partial charge on any atom is 0.305 e. The lowest BCUT2D eigenvalue weighted by molar-refractivity contribution is -0.201. The van der Waals surface area contributed by atoms with Crippen molar-refractivity contribution in [2.45, 2.75) is 97.2 Å². The van der Waals surface area contributed by atoms with Crippen LogP contribution in [0.3, 0.4) is 0 Å². The Morgan fingerprint density at radius 3 is 2.59 bits per heavy atom. The molecule has 0 heterocycles. The molecule has 4 heteroatoms. The van der Waals surface area contributed by atoms with Gasteiger partial charge in [0, 0.05) is 6.42 Å². The van der Waals surface area contributed by atoms with Gasteiger partial charge in [-0.25, -0.2) is 0 Å². The summed E-state index contributed by atoms with van der Waals surface area (Å²) in [6.45, 7) is 7.02. The third-order valence-corrected chi connectivity index (χ3v) is 10.5. The number of fused-ring (bicyclic) bond motifs is 5. The second-order valence-corrected chi connectivity index (χ2v) is 11.4. The van der Waals surface area contributed by atoms with Crippen LogP contribution in [0.5, 0.6) is 0 Å². The SMILES string of the molecule is COC(=O)CC[C@@H](C)[C@H]1CC[C@H]2C3C(C[C@H](O)[C@]12C)[C@@]1(C)CCCCC1C[C@H]3O. The number of rotatable bonds is 4. The first-order valence-corrected chi connectivity index (χ1v) is 12.2. The lowest BCUT2D eigenvalue weighted by atomic mass is 9.43. The molecule has 0 aromatic rings. The van der Waals surface area contributed by atoms with E-state index >= 15 is 0 Å². The van der Waals surface area contributed by atoms with Crippen molar-refractivity contribution in [2.24, 2.45) is 46.3 Å². The van der Waals surface area contributed by atoms with E-state index in [-0.39, 0.29) is 23.6 Å². The number of carbonyl (C=O) groups is 1. The molecule has 4 nitrogen and oxygen atoms in total. The summed E-state index contributed by atoms with van der Waals surface area (Å²) in [6.07, 6.45) is 9.92. The number of aliphatic hydroxyl groups is 2. The molecule has 0 aromatic carbocycles. The first-order valence-electron chi connectivity index (χ1n) is 12.2. The minimum absolute atomic E-state index is 0.139. The zero-order valence-electron chi connectivity index (χ0n) is 18.9. The second kappa shape index (κ2) is 7.82. The van der Waals surface area contributed by atoms with Crippen LogP contribution in [-0.4, -0.2) is 35.5 Å². The highest BCUT2D eigenvalue weighted by Crippen LogP contribution is 2.68. The van der Waals surface area contributed by atoms with E-state index in [0.717, 1.165) is 32.1 Å². The quantitative estimate of drug-likeness (QED) is 0.671. The normalized spacial score (nSPS) is 50.2. The highest BCUT2D eigenvalue weighted by atomic mass is 16.5. The molecule has 4 fully saturated rings. The Bertz CT molecular complexity index is 620. The molecule has 3 unspecified atom stereocenters. The lowest BCUT2D eigenvalue weighted by Crippen LogP contribution is -2.61. The fraction of sp³-hybridized carbons (Fsp3) is 0.960. The van der Waals surface area contributed by atoms with E-state index in [9.17, 15) is 15.0 Å². The Labute approximate surface area is 176 Å². The van der Waals surface area contributed by atoms with Crippen molar-refractivity contribution in [2.75, 3.05) is 7.11 Å². The molecule has 0 saturated heterocycles. The van der Waals surface area contributed by atoms with Crippen molar-refractivity contribution in [1.29, 1.82) is 0 Å². The van der Waals surface area contributed by atoms with Gasteiger partial charge >= 0.3 is 5.97 Å². The summed E-state index contributed by atoms with van der Waals surface area (Å²) >= 11 is 0. The van der Waals surface area contributed by atoms with Crippen LogP contribution in [0, 0.1) is 46.3 Å². The standard InChI is InChI=1S/C25H42O4/c1-15(8-11-22(28)29-4)17-9-10-18-23-19(14-21(27)25(17,18)3)24(2)12-6-5-7-16(24)13-20(23)26/h15-21,23,26-27H,5-14H2,1-4H3/t15-,16?,17-,18+,19?,20-,21+,23?,24+,25-/m1/s1. The summed E-state index contributed by atoms with van der Waals surface area (Å²) in [5.41, 5.74) is 0.147. The van der Waals surface area contributed by atoms with Gasteiger partial charge in [0.15, 0.2) is 0 Å². The monoisotopic (exact) mass is 406 g/mol. The molecule has 10 atom stereocenters. The lowest BCUT2D eigenvalue weighted by Gasteiger charge is -2.63. The van der Waals surface area contributed by atoms with E-state index in [0.29, 0.717) is 47.3 Å². The average Bonchev–Trinajstić information content (AvgIpc) is 3.05. The Hall–Kier alpha value is -0.610. The summed E-state index contributed by atoms with van der Waals surface area (Å²) in [5, 5.41) is 22.8. The van der Waals surface area contributed by atoms with Gasteiger partial charge < -0.3 is 14.9 Å². The second-order valence-electron chi connectivity index (χ2n) is 11.4. The van der Waals surface area contributed by atoms with Crippen LogP contribution in [0.15, 0.2) is 0 Å². The van der Waals surface area contributed by atoms with Gasteiger partial charge in [-0.15, -0.1) is 0 Å². The van der Waals surface area contributed by atoms with E-state index in [1.807, 2.05) is 0 Å². The number of aliphatic hydroxyl groups excluding tert-OH is 2. The summed E-state index contributed by atoms with van der Waals surface area (Å²) in [5.74, 6) is 2.47. The van der Waals surface area contributed by atoms with Crippen molar-refractivity contribution >= 4 is 5.97 Å². The summed E-state index contributed by atoms with van der Waals surface area (Å²) in [7, 11) is 1.45. The van der Waals surface area contributed by atoms with Gasteiger partial charge in [0.05, 0.1) is 19.3 Å². The molecule has 4 saturated carbocycles. The molecule has 29 heavy (non-hydrogen) atoms. The minimum Gasteiger partial charge on any atom is -0.469 e. The molecule has 0 aromatic heterocycles. The molecule has 166 valence electrons. The number of esters is 1. The van der Waals surface area contributed by atoms with E-state index in [1.54, 1.807) is 0 Å². The number of carbonyl (C=O) groups excluding carboxylic acids is 1. The molecular weight excluding hydrogens is 364 g/mol. The largest absolute Gasteiger partial charge is 0.469 e. The van der Waals surface area contributed by atoms with E-state index in [4.69, 9.17) is 4.74 Å². The van der Waals surface area contributed by atoms with E-state index in [2.05, 4.69) is 20.8 Å². The van der Waals surface area contributed by atoms with Gasteiger partial charge in [-0.05, 0) is 91.3 Å². The Morgan fingerprint density at radius 1 is 1.10 bits per heavy atom. The van der Waals surface area contributed by atoms with Crippen LogP contribution >= 0.6 is 0 Å². The first-order chi connectivity index (χ1) is 13.7. The smallest absolute Gasteiger partial charge is 0.305 e. The summed E-state index contributed by atoms with van der Waals surface area (Å²) < 4.78 is 4.84. The van der Waals surface area contributed by atoms with Crippen molar-refractivity contribution in [3.8, 4) is 0 Å².